The molecule has 2 rings (SSSR count). The molecule has 0 saturated carbocycles. The summed E-state index contributed by atoms with van der Waals surface area (Å²) in [5.74, 6) is 0. The number of aliphatic imine (C=N–C) groups is 1. The Labute approximate surface area is 135 Å². The molecule has 0 atom stereocenters. The first-order valence-corrected chi connectivity index (χ1v) is 7.15. The van der Waals surface area contributed by atoms with Gasteiger partial charge in [-0.15, -0.1) is 0 Å². The minimum Gasteiger partial charge on any atom is -0.361 e. The summed E-state index contributed by atoms with van der Waals surface area (Å²) in [5, 5.41) is 9.97. The number of nitriles is 1. The molecule has 0 fully saturated rings. The van der Waals surface area contributed by atoms with Crippen LogP contribution in [0, 0.1) is 11.3 Å². The van der Waals surface area contributed by atoms with Gasteiger partial charge in [-0.2, -0.15) is 5.26 Å². The zero-order valence-corrected chi connectivity index (χ0v) is 13.1. The molecule has 0 aliphatic rings. The first kappa shape index (κ1) is 15.8. The fourth-order valence-electron chi connectivity index (χ4n) is 2.15. The first-order valence-electron chi connectivity index (χ1n) is 6.77. The molecule has 2 aromatic carbocycles. The number of hydrogen-bond donors (Lipinski definition) is 0. The van der Waals surface area contributed by atoms with Crippen LogP contribution in [0.4, 0.5) is 0 Å². The van der Waals surface area contributed by atoms with Crippen LogP contribution in [-0.2, 0) is 6.54 Å². The fourth-order valence-corrected chi connectivity index (χ4v) is 2.34. The van der Waals surface area contributed by atoms with Crippen molar-refractivity contribution >= 4 is 17.9 Å². The SMILES string of the molecule is C=CN=CN(C)Cc1cc(-c2cccc(Cl)c2)ccc1C#N. The zero-order chi connectivity index (χ0) is 15.9. The molecule has 0 radical (unpaired) electrons. The van der Waals surface area contributed by atoms with E-state index in [0.717, 1.165) is 16.7 Å². The van der Waals surface area contributed by atoms with Crippen molar-refractivity contribution in [3.63, 3.8) is 0 Å². The van der Waals surface area contributed by atoms with Crippen LogP contribution in [0.1, 0.15) is 11.1 Å². The molecule has 0 saturated heterocycles. The fraction of sp³-hybridized carbons (Fsp3) is 0.111. The molecule has 0 unspecified atom stereocenters. The Bertz CT molecular complexity index is 744. The van der Waals surface area contributed by atoms with Gasteiger partial charge in [-0.1, -0.05) is 36.4 Å². The van der Waals surface area contributed by atoms with Gasteiger partial charge in [0, 0.05) is 24.8 Å². The van der Waals surface area contributed by atoms with E-state index in [-0.39, 0.29) is 0 Å². The van der Waals surface area contributed by atoms with E-state index >= 15 is 0 Å². The Morgan fingerprint density at radius 3 is 2.73 bits per heavy atom. The molecule has 3 nitrogen and oxygen atoms in total. The lowest BCUT2D eigenvalue weighted by atomic mass is 9.99. The second kappa shape index (κ2) is 7.44. The smallest absolute Gasteiger partial charge is 0.0995 e. The van der Waals surface area contributed by atoms with Gasteiger partial charge in [0.05, 0.1) is 18.0 Å². The Morgan fingerprint density at radius 2 is 2.05 bits per heavy atom. The molecule has 0 aliphatic carbocycles. The number of benzene rings is 2. The maximum absolute atomic E-state index is 9.27. The highest BCUT2D eigenvalue weighted by molar-refractivity contribution is 6.30. The van der Waals surface area contributed by atoms with E-state index in [0.29, 0.717) is 17.1 Å². The van der Waals surface area contributed by atoms with Crippen LogP contribution in [-0.4, -0.2) is 18.3 Å². The zero-order valence-electron chi connectivity index (χ0n) is 12.3. The van der Waals surface area contributed by atoms with Crippen LogP contribution >= 0.6 is 11.6 Å². The van der Waals surface area contributed by atoms with Crippen molar-refractivity contribution in [1.29, 1.82) is 5.26 Å². The molecule has 0 aliphatic heterocycles. The third-order valence-electron chi connectivity index (χ3n) is 3.17. The number of halogens is 1. The largest absolute Gasteiger partial charge is 0.361 e. The Hall–Kier alpha value is -2.57. The highest BCUT2D eigenvalue weighted by Crippen LogP contribution is 2.25. The molecule has 0 aromatic heterocycles. The summed E-state index contributed by atoms with van der Waals surface area (Å²) in [6.45, 7) is 4.14. The molecule has 0 spiro atoms. The van der Waals surface area contributed by atoms with Crippen LogP contribution in [0.25, 0.3) is 11.1 Å². The van der Waals surface area contributed by atoms with Gasteiger partial charge in [-0.3, -0.25) is 0 Å². The Morgan fingerprint density at radius 1 is 1.27 bits per heavy atom. The number of hydrogen-bond acceptors (Lipinski definition) is 2. The van der Waals surface area contributed by atoms with E-state index in [1.165, 1.54) is 6.20 Å². The second-order valence-electron chi connectivity index (χ2n) is 4.86. The van der Waals surface area contributed by atoms with Gasteiger partial charge in [0.1, 0.15) is 0 Å². The van der Waals surface area contributed by atoms with Crippen molar-refractivity contribution in [3.8, 4) is 17.2 Å². The number of nitrogens with zero attached hydrogens (tertiary/aromatic N) is 3. The second-order valence-corrected chi connectivity index (χ2v) is 5.29. The van der Waals surface area contributed by atoms with Gasteiger partial charge in [-0.05, 0) is 41.0 Å². The highest BCUT2D eigenvalue weighted by atomic mass is 35.5. The van der Waals surface area contributed by atoms with Gasteiger partial charge < -0.3 is 4.90 Å². The van der Waals surface area contributed by atoms with E-state index in [2.05, 4.69) is 17.6 Å². The topological polar surface area (TPSA) is 39.4 Å². The quantitative estimate of drug-likeness (QED) is 0.603. The van der Waals surface area contributed by atoms with Crippen molar-refractivity contribution < 1.29 is 0 Å². The normalized spacial score (nSPS) is 10.4. The van der Waals surface area contributed by atoms with Crippen molar-refractivity contribution in [2.24, 2.45) is 4.99 Å². The molecule has 2 aromatic rings. The van der Waals surface area contributed by atoms with Gasteiger partial charge in [-0.25, -0.2) is 4.99 Å². The summed E-state index contributed by atoms with van der Waals surface area (Å²) in [7, 11) is 1.90. The lowest BCUT2D eigenvalue weighted by Gasteiger charge is -2.15. The summed E-state index contributed by atoms with van der Waals surface area (Å²) in [4.78, 5) is 5.88. The molecule has 0 heterocycles. The molecule has 110 valence electrons. The summed E-state index contributed by atoms with van der Waals surface area (Å²) in [6.07, 6.45) is 3.16. The van der Waals surface area contributed by atoms with Crippen LogP contribution in [0.3, 0.4) is 0 Å². The summed E-state index contributed by atoms with van der Waals surface area (Å²) in [5.41, 5.74) is 3.66. The van der Waals surface area contributed by atoms with Gasteiger partial charge in [0.2, 0.25) is 0 Å². The standard InChI is InChI=1S/C18H16ClN3/c1-3-21-13-22(2)12-17-9-15(7-8-16(17)11-20)14-5-4-6-18(19)10-14/h3-10,13H,1,12H2,2H3. The monoisotopic (exact) mass is 309 g/mol. The highest BCUT2D eigenvalue weighted by Gasteiger charge is 2.07. The Balaban J connectivity index is 2.36. The predicted molar refractivity (Wildman–Crippen MR) is 91.8 cm³/mol. The Kier molecular flexibility index (Phi) is 5.35. The van der Waals surface area contributed by atoms with E-state index < -0.39 is 0 Å². The lowest BCUT2D eigenvalue weighted by molar-refractivity contribution is 0.515. The summed E-state index contributed by atoms with van der Waals surface area (Å²) in [6, 6.07) is 15.7. The minimum absolute atomic E-state index is 0.592. The average molecular weight is 310 g/mol. The third-order valence-corrected chi connectivity index (χ3v) is 3.41. The van der Waals surface area contributed by atoms with E-state index in [1.54, 1.807) is 6.34 Å². The first-order chi connectivity index (χ1) is 10.6. The minimum atomic E-state index is 0.592. The van der Waals surface area contributed by atoms with Gasteiger partial charge in [0.15, 0.2) is 0 Å². The lowest BCUT2D eigenvalue weighted by Crippen LogP contribution is -2.16. The maximum atomic E-state index is 9.27. The average Bonchev–Trinajstić information content (AvgIpc) is 2.53. The molecular formula is C18H16ClN3. The molecule has 22 heavy (non-hydrogen) atoms. The molecule has 0 amide bonds. The molecular weight excluding hydrogens is 294 g/mol. The van der Waals surface area contributed by atoms with Gasteiger partial charge in [0.25, 0.3) is 0 Å². The molecule has 4 heteroatoms. The third kappa shape index (κ3) is 3.97. The van der Waals surface area contributed by atoms with Crippen LogP contribution in [0.2, 0.25) is 5.02 Å². The van der Waals surface area contributed by atoms with Crippen LogP contribution in [0.15, 0.2) is 60.2 Å². The predicted octanol–water partition coefficient (Wildman–Crippen LogP) is 4.48. The number of rotatable bonds is 5. The maximum Gasteiger partial charge on any atom is 0.0995 e. The van der Waals surface area contributed by atoms with E-state index in [4.69, 9.17) is 11.6 Å². The van der Waals surface area contributed by atoms with Gasteiger partial charge >= 0.3 is 0 Å². The molecule has 0 N–H and O–H groups in total. The summed E-state index contributed by atoms with van der Waals surface area (Å²) < 4.78 is 0. The van der Waals surface area contributed by atoms with Crippen molar-refractivity contribution in [1.82, 2.24) is 4.90 Å². The van der Waals surface area contributed by atoms with Crippen LogP contribution < -0.4 is 0 Å². The summed E-state index contributed by atoms with van der Waals surface area (Å²) >= 11 is 6.05. The van der Waals surface area contributed by atoms with Crippen molar-refractivity contribution in [3.05, 3.63) is 71.4 Å². The van der Waals surface area contributed by atoms with Crippen LogP contribution in [0.5, 0.6) is 0 Å². The van der Waals surface area contributed by atoms with Crippen molar-refractivity contribution in [2.45, 2.75) is 6.54 Å². The van der Waals surface area contributed by atoms with E-state index in [1.807, 2.05) is 54.4 Å². The van der Waals surface area contributed by atoms with E-state index in [9.17, 15) is 5.26 Å². The van der Waals surface area contributed by atoms with Crippen molar-refractivity contribution in [2.75, 3.05) is 7.05 Å². The molecule has 0 bridgehead atoms.